The van der Waals surface area contributed by atoms with Gasteiger partial charge in [0.25, 0.3) is 5.91 Å². The number of aryl methyl sites for hydroxylation is 1. The Balaban J connectivity index is 2.83. The maximum Gasteiger partial charge on any atom is 0.252 e. The van der Waals surface area contributed by atoms with Gasteiger partial charge in [-0.25, -0.2) is 0 Å². The summed E-state index contributed by atoms with van der Waals surface area (Å²) in [6.07, 6.45) is 0. The van der Waals surface area contributed by atoms with Crippen LogP contribution in [0.3, 0.4) is 0 Å². The first-order valence-corrected chi connectivity index (χ1v) is 5.19. The zero-order valence-electron chi connectivity index (χ0n) is 8.01. The lowest BCUT2D eigenvalue weighted by Gasteiger charge is -2.06. The number of hydrogen-bond acceptors (Lipinski definition) is 2. The van der Waals surface area contributed by atoms with Crippen LogP contribution < -0.4 is 11.1 Å². The van der Waals surface area contributed by atoms with Crippen LogP contribution in [-0.2, 0) is 0 Å². The minimum Gasteiger partial charge on any atom is -0.351 e. The second kappa shape index (κ2) is 5.12. The van der Waals surface area contributed by atoms with Gasteiger partial charge in [0, 0.05) is 17.6 Å². The van der Waals surface area contributed by atoms with Crippen LogP contribution in [0.5, 0.6) is 0 Å². The van der Waals surface area contributed by atoms with E-state index < -0.39 is 0 Å². The lowest BCUT2D eigenvalue weighted by Crippen LogP contribution is -2.29. The van der Waals surface area contributed by atoms with Crippen LogP contribution in [0.25, 0.3) is 0 Å². The number of halogens is 1. The lowest BCUT2D eigenvalue weighted by molar-refractivity contribution is 0.0954. The first-order valence-electron chi connectivity index (χ1n) is 4.39. The van der Waals surface area contributed by atoms with E-state index in [0.29, 0.717) is 18.7 Å². The molecule has 1 rings (SSSR count). The van der Waals surface area contributed by atoms with Gasteiger partial charge in [0.1, 0.15) is 0 Å². The normalized spacial score (nSPS) is 9.93. The molecule has 3 N–H and O–H groups in total. The quantitative estimate of drug-likeness (QED) is 0.861. The third-order valence-corrected chi connectivity index (χ3v) is 2.49. The van der Waals surface area contributed by atoms with E-state index >= 15 is 0 Å². The predicted molar refractivity (Wildman–Crippen MR) is 60.3 cm³/mol. The van der Waals surface area contributed by atoms with Crippen molar-refractivity contribution in [3.05, 3.63) is 33.8 Å². The van der Waals surface area contributed by atoms with E-state index in [4.69, 9.17) is 5.73 Å². The Morgan fingerprint density at radius 3 is 2.93 bits per heavy atom. The van der Waals surface area contributed by atoms with Crippen LogP contribution in [-0.4, -0.2) is 19.0 Å². The first kappa shape index (κ1) is 11.2. The number of benzene rings is 1. The third-order valence-electron chi connectivity index (χ3n) is 1.80. The number of nitrogens with one attached hydrogen (secondary N) is 1. The van der Waals surface area contributed by atoms with Gasteiger partial charge in [-0.15, -0.1) is 0 Å². The fourth-order valence-electron chi connectivity index (χ4n) is 1.09. The summed E-state index contributed by atoms with van der Waals surface area (Å²) < 4.78 is 0.803. The third kappa shape index (κ3) is 2.82. The molecule has 76 valence electrons. The summed E-state index contributed by atoms with van der Waals surface area (Å²) in [6, 6.07) is 5.66. The van der Waals surface area contributed by atoms with Crippen LogP contribution in [0, 0.1) is 6.92 Å². The second-order valence-electron chi connectivity index (χ2n) is 3.03. The molecule has 1 aromatic carbocycles. The van der Waals surface area contributed by atoms with Gasteiger partial charge in [-0.3, -0.25) is 4.79 Å². The average Bonchev–Trinajstić information content (AvgIpc) is 2.18. The molecule has 0 heterocycles. The largest absolute Gasteiger partial charge is 0.351 e. The summed E-state index contributed by atoms with van der Waals surface area (Å²) in [5.74, 6) is -0.0916. The molecule has 0 spiro atoms. The number of carbonyl (C=O) groups is 1. The van der Waals surface area contributed by atoms with Gasteiger partial charge in [-0.05, 0) is 35.0 Å². The van der Waals surface area contributed by atoms with Crippen molar-refractivity contribution in [1.82, 2.24) is 5.32 Å². The number of hydrogen-bond donors (Lipinski definition) is 2. The van der Waals surface area contributed by atoms with E-state index in [-0.39, 0.29) is 5.91 Å². The maximum atomic E-state index is 11.6. The van der Waals surface area contributed by atoms with Gasteiger partial charge < -0.3 is 11.1 Å². The Hall–Kier alpha value is -0.870. The standard InChI is InChI=1S/C10H13BrN2O/c1-7-2-3-9(11)8(6-7)10(14)13-5-4-12/h2-3,6H,4-5,12H2,1H3,(H,13,14). The molecule has 0 saturated heterocycles. The number of amides is 1. The zero-order valence-corrected chi connectivity index (χ0v) is 9.60. The molecule has 0 atom stereocenters. The lowest BCUT2D eigenvalue weighted by atomic mass is 10.1. The second-order valence-corrected chi connectivity index (χ2v) is 3.88. The SMILES string of the molecule is Cc1ccc(Br)c(C(=O)NCCN)c1. The summed E-state index contributed by atoms with van der Waals surface area (Å²) in [6.45, 7) is 2.90. The molecule has 0 aliphatic rings. The van der Waals surface area contributed by atoms with E-state index in [1.807, 2.05) is 25.1 Å². The van der Waals surface area contributed by atoms with Crippen molar-refractivity contribution >= 4 is 21.8 Å². The monoisotopic (exact) mass is 256 g/mol. The highest BCUT2D eigenvalue weighted by molar-refractivity contribution is 9.10. The van der Waals surface area contributed by atoms with Gasteiger partial charge in [-0.2, -0.15) is 0 Å². The Bertz CT molecular complexity index is 339. The van der Waals surface area contributed by atoms with E-state index in [1.165, 1.54) is 0 Å². The van der Waals surface area contributed by atoms with E-state index in [9.17, 15) is 4.79 Å². The molecule has 0 bridgehead atoms. The van der Waals surface area contributed by atoms with E-state index in [1.54, 1.807) is 0 Å². The van der Waals surface area contributed by atoms with Crippen molar-refractivity contribution in [3.63, 3.8) is 0 Å². The summed E-state index contributed by atoms with van der Waals surface area (Å²) in [4.78, 5) is 11.6. The van der Waals surface area contributed by atoms with Crippen LogP contribution in [0.2, 0.25) is 0 Å². The number of carbonyl (C=O) groups excluding carboxylic acids is 1. The smallest absolute Gasteiger partial charge is 0.252 e. The average molecular weight is 257 g/mol. The van der Waals surface area contributed by atoms with Gasteiger partial charge in [0.05, 0.1) is 5.56 Å². The molecule has 0 unspecified atom stereocenters. The molecule has 3 nitrogen and oxygen atoms in total. The minimum absolute atomic E-state index is 0.0916. The maximum absolute atomic E-state index is 11.6. The fraction of sp³-hybridized carbons (Fsp3) is 0.300. The molecule has 4 heteroatoms. The molecule has 1 amide bonds. The molecule has 0 radical (unpaired) electrons. The van der Waals surface area contributed by atoms with Crippen molar-refractivity contribution in [2.75, 3.05) is 13.1 Å². The minimum atomic E-state index is -0.0916. The molecular formula is C10H13BrN2O. The van der Waals surface area contributed by atoms with Gasteiger partial charge in [0.2, 0.25) is 0 Å². The van der Waals surface area contributed by atoms with Crippen molar-refractivity contribution in [3.8, 4) is 0 Å². The van der Waals surface area contributed by atoms with E-state index in [2.05, 4.69) is 21.2 Å². The fourth-order valence-corrected chi connectivity index (χ4v) is 1.52. The Labute approximate surface area is 91.8 Å². The zero-order chi connectivity index (χ0) is 10.6. The van der Waals surface area contributed by atoms with E-state index in [0.717, 1.165) is 10.0 Å². The predicted octanol–water partition coefficient (Wildman–Crippen LogP) is 1.45. The highest BCUT2D eigenvalue weighted by Crippen LogP contribution is 2.17. The van der Waals surface area contributed by atoms with Crippen LogP contribution in [0.15, 0.2) is 22.7 Å². The van der Waals surface area contributed by atoms with Gasteiger partial charge in [0.15, 0.2) is 0 Å². The number of rotatable bonds is 3. The molecule has 1 aromatic rings. The summed E-state index contributed by atoms with van der Waals surface area (Å²) in [5.41, 5.74) is 7.01. The summed E-state index contributed by atoms with van der Waals surface area (Å²) >= 11 is 3.33. The Kier molecular flexibility index (Phi) is 4.10. The highest BCUT2D eigenvalue weighted by atomic mass is 79.9. The van der Waals surface area contributed by atoms with Crippen molar-refractivity contribution in [2.45, 2.75) is 6.92 Å². The molecule has 0 aliphatic carbocycles. The van der Waals surface area contributed by atoms with Gasteiger partial charge in [-0.1, -0.05) is 11.6 Å². The Morgan fingerprint density at radius 2 is 2.29 bits per heavy atom. The van der Waals surface area contributed by atoms with Crippen LogP contribution in [0.4, 0.5) is 0 Å². The van der Waals surface area contributed by atoms with Crippen LogP contribution in [0.1, 0.15) is 15.9 Å². The van der Waals surface area contributed by atoms with Crippen molar-refractivity contribution in [2.24, 2.45) is 5.73 Å². The Morgan fingerprint density at radius 1 is 1.57 bits per heavy atom. The molecule has 0 aliphatic heterocycles. The molecule has 0 aromatic heterocycles. The highest BCUT2D eigenvalue weighted by Gasteiger charge is 2.08. The molecular weight excluding hydrogens is 244 g/mol. The van der Waals surface area contributed by atoms with Crippen molar-refractivity contribution in [1.29, 1.82) is 0 Å². The topological polar surface area (TPSA) is 55.1 Å². The summed E-state index contributed by atoms with van der Waals surface area (Å²) in [7, 11) is 0. The van der Waals surface area contributed by atoms with Crippen molar-refractivity contribution < 1.29 is 4.79 Å². The van der Waals surface area contributed by atoms with Crippen LogP contribution >= 0.6 is 15.9 Å². The molecule has 0 fully saturated rings. The van der Waals surface area contributed by atoms with Gasteiger partial charge >= 0.3 is 0 Å². The molecule has 0 saturated carbocycles. The summed E-state index contributed by atoms with van der Waals surface area (Å²) in [5, 5.41) is 2.72. The first-order chi connectivity index (χ1) is 6.65. The number of nitrogens with two attached hydrogens (primary N) is 1. The molecule has 14 heavy (non-hydrogen) atoms.